The molecule has 2 aromatic carbocycles. The average molecular weight is 358 g/mol. The first-order chi connectivity index (χ1) is 9.47. The third-order valence-electron chi connectivity index (χ3n) is 2.61. The van der Waals surface area contributed by atoms with Crippen molar-refractivity contribution in [2.24, 2.45) is 0 Å². The van der Waals surface area contributed by atoms with E-state index in [0.717, 1.165) is 0 Å². The fourth-order valence-electron chi connectivity index (χ4n) is 1.58. The summed E-state index contributed by atoms with van der Waals surface area (Å²) < 4.78 is 6.29. The Kier molecular flexibility index (Phi) is 4.46. The normalized spacial score (nSPS) is 10.3. The molecule has 0 aromatic heterocycles. The zero-order chi connectivity index (χ0) is 14.7. The molecule has 0 spiro atoms. The number of hydrogen-bond donors (Lipinski definition) is 1. The van der Waals surface area contributed by atoms with E-state index in [1.807, 2.05) is 0 Å². The van der Waals surface area contributed by atoms with E-state index >= 15 is 0 Å². The van der Waals surface area contributed by atoms with Crippen molar-refractivity contribution in [3.8, 4) is 5.75 Å². The molecule has 2 rings (SSSR count). The lowest BCUT2D eigenvalue weighted by molar-refractivity contribution is -0.384. The van der Waals surface area contributed by atoms with Crippen LogP contribution in [0.25, 0.3) is 0 Å². The molecule has 7 heteroatoms. The van der Waals surface area contributed by atoms with Crippen molar-refractivity contribution in [3.05, 3.63) is 61.6 Å². The monoisotopic (exact) mass is 356 g/mol. The predicted octanol–water partition coefficient (Wildman–Crippen LogP) is 4.17. The van der Waals surface area contributed by atoms with Gasteiger partial charge < -0.3 is 10.5 Å². The predicted molar refractivity (Wildman–Crippen MR) is 81.0 cm³/mol. The highest BCUT2D eigenvalue weighted by molar-refractivity contribution is 9.10. The summed E-state index contributed by atoms with van der Waals surface area (Å²) in [6, 6.07) is 9.36. The number of nitrogens with zero attached hydrogens (tertiary/aromatic N) is 1. The summed E-state index contributed by atoms with van der Waals surface area (Å²) >= 11 is 9.16. The van der Waals surface area contributed by atoms with Gasteiger partial charge in [-0.05, 0) is 40.2 Å². The Bertz CT molecular complexity index is 664. The van der Waals surface area contributed by atoms with Gasteiger partial charge in [0.05, 0.1) is 9.40 Å². The highest BCUT2D eigenvalue weighted by Gasteiger charge is 2.10. The molecule has 0 unspecified atom stereocenters. The number of nitrogen functional groups attached to an aromatic ring is 1. The highest BCUT2D eigenvalue weighted by Crippen LogP contribution is 2.29. The lowest BCUT2D eigenvalue weighted by Gasteiger charge is -2.10. The van der Waals surface area contributed by atoms with Gasteiger partial charge in [0, 0.05) is 28.4 Å². The van der Waals surface area contributed by atoms with Gasteiger partial charge >= 0.3 is 0 Å². The first-order valence-corrected chi connectivity index (χ1v) is 6.75. The summed E-state index contributed by atoms with van der Waals surface area (Å²) in [7, 11) is 0. The van der Waals surface area contributed by atoms with Gasteiger partial charge in [0.1, 0.15) is 12.4 Å². The van der Waals surface area contributed by atoms with Gasteiger partial charge in [-0.25, -0.2) is 0 Å². The Morgan fingerprint density at radius 3 is 2.70 bits per heavy atom. The number of nitro benzene ring substituents is 1. The van der Waals surface area contributed by atoms with Crippen LogP contribution in [0.4, 0.5) is 11.4 Å². The number of halogens is 2. The van der Waals surface area contributed by atoms with Crippen molar-refractivity contribution in [3.63, 3.8) is 0 Å². The van der Waals surface area contributed by atoms with Crippen LogP contribution in [0.3, 0.4) is 0 Å². The molecule has 0 saturated carbocycles. The molecule has 5 nitrogen and oxygen atoms in total. The van der Waals surface area contributed by atoms with Gasteiger partial charge in [-0.2, -0.15) is 0 Å². The zero-order valence-corrected chi connectivity index (χ0v) is 12.5. The van der Waals surface area contributed by atoms with Crippen molar-refractivity contribution in [2.75, 3.05) is 5.73 Å². The van der Waals surface area contributed by atoms with Gasteiger partial charge in [-0.15, -0.1) is 0 Å². The number of rotatable bonds is 4. The summed E-state index contributed by atoms with van der Waals surface area (Å²) in [6.07, 6.45) is 0. The summed E-state index contributed by atoms with van der Waals surface area (Å²) in [4.78, 5) is 10.3. The van der Waals surface area contributed by atoms with Crippen LogP contribution < -0.4 is 10.5 Å². The molecule has 2 aromatic rings. The smallest absolute Gasteiger partial charge is 0.269 e. The Morgan fingerprint density at radius 2 is 2.05 bits per heavy atom. The van der Waals surface area contributed by atoms with Crippen LogP contribution in [0.15, 0.2) is 40.9 Å². The molecule has 0 radical (unpaired) electrons. The number of benzene rings is 2. The van der Waals surface area contributed by atoms with Crippen LogP contribution in [-0.2, 0) is 6.61 Å². The molecule has 20 heavy (non-hydrogen) atoms. The molecule has 0 aliphatic rings. The molecule has 2 N–H and O–H groups in total. The summed E-state index contributed by atoms with van der Waals surface area (Å²) in [5.41, 5.74) is 6.76. The van der Waals surface area contributed by atoms with Gasteiger partial charge in [0.2, 0.25) is 0 Å². The van der Waals surface area contributed by atoms with Crippen molar-refractivity contribution < 1.29 is 9.66 Å². The van der Waals surface area contributed by atoms with E-state index < -0.39 is 4.92 Å². The van der Waals surface area contributed by atoms with Gasteiger partial charge in [-0.3, -0.25) is 10.1 Å². The Hall–Kier alpha value is -1.79. The van der Waals surface area contributed by atoms with Crippen molar-refractivity contribution >= 4 is 38.9 Å². The molecule has 0 atom stereocenters. The SMILES string of the molecule is Nc1ccc([N+](=O)[O-])cc1COc1ccc(Cl)cc1Br. The van der Waals surface area contributed by atoms with E-state index in [9.17, 15) is 10.1 Å². The van der Waals surface area contributed by atoms with E-state index in [2.05, 4.69) is 15.9 Å². The Balaban J connectivity index is 2.18. The summed E-state index contributed by atoms with van der Waals surface area (Å²) in [5.74, 6) is 0.584. The molecular formula is C13H10BrClN2O3. The quantitative estimate of drug-likeness (QED) is 0.506. The second-order valence-electron chi connectivity index (χ2n) is 4.00. The van der Waals surface area contributed by atoms with Crippen LogP contribution in [-0.4, -0.2) is 4.92 Å². The lowest BCUT2D eigenvalue weighted by atomic mass is 10.1. The number of nitrogens with two attached hydrogens (primary N) is 1. The standard InChI is InChI=1S/C13H10BrClN2O3/c14-11-6-9(15)1-4-13(11)20-7-8-5-10(17(18)19)2-3-12(8)16/h1-6H,7,16H2. The molecule has 0 aliphatic heterocycles. The Morgan fingerprint density at radius 1 is 1.30 bits per heavy atom. The van der Waals surface area contributed by atoms with E-state index in [4.69, 9.17) is 22.1 Å². The summed E-state index contributed by atoms with van der Waals surface area (Å²) in [5, 5.41) is 11.3. The van der Waals surface area contributed by atoms with Gasteiger partial charge in [0.25, 0.3) is 5.69 Å². The molecule has 0 saturated heterocycles. The number of hydrogen-bond acceptors (Lipinski definition) is 4. The van der Waals surface area contributed by atoms with Crippen LogP contribution in [0, 0.1) is 10.1 Å². The van der Waals surface area contributed by atoms with Crippen molar-refractivity contribution in [1.29, 1.82) is 0 Å². The largest absolute Gasteiger partial charge is 0.488 e. The molecule has 0 bridgehead atoms. The van der Waals surface area contributed by atoms with E-state index in [1.54, 1.807) is 18.2 Å². The fraction of sp³-hybridized carbons (Fsp3) is 0.0769. The van der Waals surface area contributed by atoms with Gasteiger partial charge in [-0.1, -0.05) is 11.6 Å². The van der Waals surface area contributed by atoms with Crippen LogP contribution in [0.1, 0.15) is 5.56 Å². The maximum absolute atomic E-state index is 10.7. The van der Waals surface area contributed by atoms with E-state index in [-0.39, 0.29) is 12.3 Å². The average Bonchev–Trinajstić information content (AvgIpc) is 2.39. The lowest BCUT2D eigenvalue weighted by Crippen LogP contribution is -2.02. The van der Waals surface area contributed by atoms with Crippen molar-refractivity contribution in [2.45, 2.75) is 6.61 Å². The fourth-order valence-corrected chi connectivity index (χ4v) is 2.38. The maximum Gasteiger partial charge on any atom is 0.269 e. The third-order valence-corrected chi connectivity index (χ3v) is 3.47. The topological polar surface area (TPSA) is 78.4 Å². The van der Waals surface area contributed by atoms with Crippen molar-refractivity contribution in [1.82, 2.24) is 0 Å². The number of non-ortho nitro benzene ring substituents is 1. The first kappa shape index (κ1) is 14.6. The highest BCUT2D eigenvalue weighted by atomic mass is 79.9. The van der Waals surface area contributed by atoms with Gasteiger partial charge in [0.15, 0.2) is 0 Å². The summed E-state index contributed by atoms with van der Waals surface area (Å²) in [6.45, 7) is 0.133. The number of ether oxygens (including phenoxy) is 1. The minimum atomic E-state index is -0.471. The maximum atomic E-state index is 10.7. The molecule has 0 amide bonds. The number of nitro groups is 1. The molecule has 0 fully saturated rings. The van der Waals surface area contributed by atoms with Crippen LogP contribution in [0.5, 0.6) is 5.75 Å². The minimum Gasteiger partial charge on any atom is -0.488 e. The molecule has 0 heterocycles. The molecule has 0 aliphatic carbocycles. The zero-order valence-electron chi connectivity index (χ0n) is 10.2. The second kappa shape index (κ2) is 6.11. The molecule has 104 valence electrons. The van der Waals surface area contributed by atoms with E-state index in [1.165, 1.54) is 18.2 Å². The number of anilines is 1. The van der Waals surface area contributed by atoms with Crippen LogP contribution in [0.2, 0.25) is 5.02 Å². The van der Waals surface area contributed by atoms with E-state index in [0.29, 0.717) is 26.5 Å². The molecular weight excluding hydrogens is 348 g/mol. The third kappa shape index (κ3) is 3.40. The minimum absolute atomic E-state index is 0.0204. The first-order valence-electron chi connectivity index (χ1n) is 5.58. The van der Waals surface area contributed by atoms with Crippen LogP contribution >= 0.6 is 27.5 Å². The Labute approximate surface area is 128 Å². The second-order valence-corrected chi connectivity index (χ2v) is 5.29.